The van der Waals surface area contributed by atoms with Gasteiger partial charge in [0.1, 0.15) is 0 Å². The highest BCUT2D eigenvalue weighted by Crippen LogP contribution is 2.42. The van der Waals surface area contributed by atoms with Crippen LogP contribution in [-0.2, 0) is 4.79 Å². The second-order valence-electron chi connectivity index (χ2n) is 6.90. The first-order chi connectivity index (χ1) is 7.64. The van der Waals surface area contributed by atoms with Gasteiger partial charge in [-0.1, -0.05) is 20.3 Å². The fourth-order valence-electron chi connectivity index (χ4n) is 3.06. The Labute approximate surface area is 105 Å². The maximum atomic E-state index is 10.8. The van der Waals surface area contributed by atoms with Crippen LogP contribution in [0.3, 0.4) is 0 Å². The van der Waals surface area contributed by atoms with E-state index in [0.717, 1.165) is 0 Å². The number of hydrogen-bond donors (Lipinski definition) is 1. The van der Waals surface area contributed by atoms with Gasteiger partial charge in [-0.3, -0.25) is 9.69 Å². The van der Waals surface area contributed by atoms with Crippen molar-refractivity contribution in [2.75, 3.05) is 6.54 Å². The van der Waals surface area contributed by atoms with Gasteiger partial charge >= 0.3 is 5.97 Å². The molecule has 0 aromatic carbocycles. The Morgan fingerprint density at radius 3 is 2.35 bits per heavy atom. The first kappa shape index (κ1) is 14.5. The van der Waals surface area contributed by atoms with Gasteiger partial charge in [0, 0.05) is 18.1 Å². The minimum atomic E-state index is -0.699. The molecule has 0 heterocycles. The summed E-state index contributed by atoms with van der Waals surface area (Å²) in [5, 5.41) is 8.87. The number of carboxylic acid groups (broad SMARTS) is 1. The molecule has 0 aliphatic heterocycles. The lowest BCUT2D eigenvalue weighted by Gasteiger charge is -2.45. The highest BCUT2D eigenvalue weighted by Gasteiger charge is 2.41. The predicted octanol–water partition coefficient (Wildman–Crippen LogP) is 3.14. The van der Waals surface area contributed by atoms with Crippen molar-refractivity contribution in [3.8, 4) is 0 Å². The van der Waals surface area contributed by atoms with E-state index < -0.39 is 5.97 Å². The number of rotatable bonds is 4. The van der Waals surface area contributed by atoms with Crippen molar-refractivity contribution in [3.05, 3.63) is 0 Å². The van der Waals surface area contributed by atoms with Crippen LogP contribution < -0.4 is 0 Å². The molecule has 1 N–H and O–H groups in total. The third-order valence-electron chi connectivity index (χ3n) is 4.01. The second kappa shape index (κ2) is 4.97. The maximum Gasteiger partial charge on any atom is 0.304 e. The summed E-state index contributed by atoms with van der Waals surface area (Å²) in [6.07, 6.45) is 3.95. The molecule has 100 valence electrons. The van der Waals surface area contributed by atoms with Crippen molar-refractivity contribution in [2.24, 2.45) is 5.41 Å². The zero-order valence-corrected chi connectivity index (χ0v) is 11.9. The standard InChI is InChI=1S/C14H27NO2/c1-13(2,3)15(10-8-12(16)17)11-7-6-9-14(11,4)5/h11H,6-10H2,1-5H3,(H,16,17). The van der Waals surface area contributed by atoms with E-state index in [0.29, 0.717) is 18.0 Å². The molecule has 1 saturated carbocycles. The lowest BCUT2D eigenvalue weighted by atomic mass is 9.84. The molecule has 3 heteroatoms. The summed E-state index contributed by atoms with van der Waals surface area (Å²) in [5.41, 5.74) is 0.355. The maximum absolute atomic E-state index is 10.8. The van der Waals surface area contributed by atoms with Crippen molar-refractivity contribution < 1.29 is 9.90 Å². The van der Waals surface area contributed by atoms with Crippen molar-refractivity contribution in [1.82, 2.24) is 4.90 Å². The molecule has 1 aliphatic rings. The van der Waals surface area contributed by atoms with E-state index in [1.807, 2.05) is 0 Å². The Balaban J connectivity index is 2.79. The van der Waals surface area contributed by atoms with E-state index >= 15 is 0 Å². The molecule has 0 radical (unpaired) electrons. The van der Waals surface area contributed by atoms with Crippen LogP contribution >= 0.6 is 0 Å². The first-order valence-corrected chi connectivity index (χ1v) is 6.63. The lowest BCUT2D eigenvalue weighted by Crippen LogP contribution is -2.52. The molecular formula is C14H27NO2. The molecule has 1 unspecified atom stereocenters. The van der Waals surface area contributed by atoms with Crippen LogP contribution in [0.5, 0.6) is 0 Å². The highest BCUT2D eigenvalue weighted by molar-refractivity contribution is 5.66. The topological polar surface area (TPSA) is 40.5 Å². The van der Waals surface area contributed by atoms with E-state index in [2.05, 4.69) is 39.5 Å². The quantitative estimate of drug-likeness (QED) is 0.822. The van der Waals surface area contributed by atoms with Crippen LogP contribution in [0.1, 0.15) is 60.3 Å². The number of hydrogen-bond acceptors (Lipinski definition) is 2. The summed E-state index contributed by atoms with van der Waals surface area (Å²) in [5.74, 6) is -0.699. The third-order valence-corrected chi connectivity index (χ3v) is 4.01. The van der Waals surface area contributed by atoms with Gasteiger partial charge in [-0.15, -0.1) is 0 Å². The van der Waals surface area contributed by atoms with Gasteiger partial charge in [0.25, 0.3) is 0 Å². The van der Waals surface area contributed by atoms with Crippen molar-refractivity contribution in [2.45, 2.75) is 71.9 Å². The van der Waals surface area contributed by atoms with Crippen molar-refractivity contribution in [3.63, 3.8) is 0 Å². The normalized spacial score (nSPS) is 24.2. The average Bonchev–Trinajstić information content (AvgIpc) is 2.43. The molecule has 0 saturated heterocycles. The monoisotopic (exact) mass is 241 g/mol. The Kier molecular flexibility index (Phi) is 4.23. The van der Waals surface area contributed by atoms with E-state index in [1.54, 1.807) is 0 Å². The van der Waals surface area contributed by atoms with Gasteiger partial charge < -0.3 is 5.11 Å². The second-order valence-corrected chi connectivity index (χ2v) is 6.90. The van der Waals surface area contributed by atoms with Gasteiger partial charge in [-0.25, -0.2) is 0 Å². The van der Waals surface area contributed by atoms with Crippen LogP contribution in [0.25, 0.3) is 0 Å². The van der Waals surface area contributed by atoms with Gasteiger partial charge in [0.2, 0.25) is 0 Å². The largest absolute Gasteiger partial charge is 0.481 e. The number of aliphatic carboxylic acids is 1. The van der Waals surface area contributed by atoms with Crippen LogP contribution in [0, 0.1) is 5.41 Å². The fourth-order valence-corrected chi connectivity index (χ4v) is 3.06. The summed E-state index contributed by atoms with van der Waals surface area (Å²) >= 11 is 0. The Bertz CT molecular complexity index is 278. The number of carboxylic acids is 1. The molecule has 0 amide bonds. The summed E-state index contributed by atoms with van der Waals surface area (Å²) < 4.78 is 0. The zero-order chi connectivity index (χ0) is 13.3. The van der Waals surface area contributed by atoms with E-state index in [4.69, 9.17) is 5.11 Å². The molecular weight excluding hydrogens is 214 g/mol. The molecule has 0 aromatic heterocycles. The van der Waals surface area contributed by atoms with Crippen LogP contribution in [-0.4, -0.2) is 34.1 Å². The SMILES string of the molecule is CC1(C)CCCC1N(CCC(=O)O)C(C)(C)C. The minimum Gasteiger partial charge on any atom is -0.481 e. The molecule has 3 nitrogen and oxygen atoms in total. The molecule has 17 heavy (non-hydrogen) atoms. The van der Waals surface area contributed by atoms with E-state index in [9.17, 15) is 4.79 Å². The van der Waals surface area contributed by atoms with Gasteiger partial charge in [0.15, 0.2) is 0 Å². The minimum absolute atomic E-state index is 0.0434. The Morgan fingerprint density at radius 1 is 1.41 bits per heavy atom. The number of carbonyl (C=O) groups is 1. The summed E-state index contributed by atoms with van der Waals surface area (Å²) in [4.78, 5) is 13.2. The van der Waals surface area contributed by atoms with Crippen LogP contribution in [0.2, 0.25) is 0 Å². The van der Waals surface area contributed by atoms with Crippen LogP contribution in [0.4, 0.5) is 0 Å². The Morgan fingerprint density at radius 2 is 2.00 bits per heavy atom. The van der Waals surface area contributed by atoms with E-state index in [1.165, 1.54) is 19.3 Å². The summed E-state index contributed by atoms with van der Waals surface area (Å²) in [6.45, 7) is 11.8. The molecule has 0 bridgehead atoms. The molecule has 0 aromatic rings. The van der Waals surface area contributed by atoms with Crippen molar-refractivity contribution in [1.29, 1.82) is 0 Å². The fraction of sp³-hybridized carbons (Fsp3) is 0.929. The first-order valence-electron chi connectivity index (χ1n) is 6.63. The predicted molar refractivity (Wildman–Crippen MR) is 70.1 cm³/mol. The molecule has 1 fully saturated rings. The van der Waals surface area contributed by atoms with Gasteiger partial charge in [0.05, 0.1) is 6.42 Å². The van der Waals surface area contributed by atoms with Crippen molar-refractivity contribution >= 4 is 5.97 Å². The van der Waals surface area contributed by atoms with Gasteiger partial charge in [-0.05, 0) is 39.0 Å². The molecule has 1 rings (SSSR count). The summed E-state index contributed by atoms with van der Waals surface area (Å²) in [7, 11) is 0. The number of nitrogens with zero attached hydrogens (tertiary/aromatic N) is 1. The van der Waals surface area contributed by atoms with E-state index in [-0.39, 0.29) is 12.0 Å². The molecule has 0 spiro atoms. The van der Waals surface area contributed by atoms with Crippen LogP contribution in [0.15, 0.2) is 0 Å². The highest BCUT2D eigenvalue weighted by atomic mass is 16.4. The third kappa shape index (κ3) is 3.70. The Hall–Kier alpha value is -0.570. The molecule has 1 atom stereocenters. The summed E-state index contributed by atoms with van der Waals surface area (Å²) in [6, 6.07) is 0.516. The average molecular weight is 241 g/mol. The lowest BCUT2D eigenvalue weighted by molar-refractivity contribution is -0.138. The smallest absolute Gasteiger partial charge is 0.304 e. The van der Waals surface area contributed by atoms with Gasteiger partial charge in [-0.2, -0.15) is 0 Å². The molecule has 1 aliphatic carbocycles. The zero-order valence-electron chi connectivity index (χ0n) is 11.9.